The second kappa shape index (κ2) is 9.72. The van der Waals surface area contributed by atoms with Crippen LogP contribution in [-0.2, 0) is 6.42 Å². The first-order valence-corrected chi connectivity index (χ1v) is 13.1. The molecule has 0 saturated carbocycles. The van der Waals surface area contributed by atoms with Crippen molar-refractivity contribution in [3.05, 3.63) is 59.1 Å². The number of piperidine rings is 1. The lowest BCUT2D eigenvalue weighted by Crippen LogP contribution is -2.77. The molecule has 1 aromatic carbocycles. The molecule has 3 aliphatic rings. The Hall–Kier alpha value is -2.35. The highest BCUT2D eigenvalue weighted by Crippen LogP contribution is 2.43. The average molecular weight is 483 g/mol. The fourth-order valence-electron chi connectivity index (χ4n) is 6.33. The van der Waals surface area contributed by atoms with E-state index in [0.717, 1.165) is 66.2 Å². The number of nitrogen functional groups attached to an aromatic ring is 1. The lowest BCUT2D eigenvalue weighted by atomic mass is 9.86. The van der Waals surface area contributed by atoms with Crippen molar-refractivity contribution in [3.8, 4) is 0 Å². The summed E-state index contributed by atoms with van der Waals surface area (Å²) in [6.45, 7) is 7.52. The van der Waals surface area contributed by atoms with Crippen LogP contribution in [0.3, 0.4) is 0 Å². The number of hydrogen-bond donors (Lipinski definition) is 3. The van der Waals surface area contributed by atoms with Crippen LogP contribution in [0.5, 0.6) is 0 Å². The molecule has 1 aromatic heterocycles. The maximum Gasteiger partial charge on any atom is 0.257 e. The Morgan fingerprint density at radius 2 is 1.88 bits per heavy atom. The molecule has 8 heteroatoms. The van der Waals surface area contributed by atoms with Gasteiger partial charge in [-0.2, -0.15) is 4.98 Å². The summed E-state index contributed by atoms with van der Waals surface area (Å²) in [7, 11) is 0. The van der Waals surface area contributed by atoms with Crippen molar-refractivity contribution in [2.45, 2.75) is 57.2 Å². The van der Waals surface area contributed by atoms with Crippen LogP contribution in [0.2, 0.25) is 5.02 Å². The Kier molecular flexibility index (Phi) is 6.69. The summed E-state index contributed by atoms with van der Waals surface area (Å²) < 4.78 is 0.723. The molecular formula is C26H37ClN7+. The van der Waals surface area contributed by atoms with Crippen molar-refractivity contribution < 1.29 is 0 Å². The van der Waals surface area contributed by atoms with Gasteiger partial charge in [-0.1, -0.05) is 30.7 Å². The standard InChI is InChI=1S/C26H37ClN7/c1-2-23-24(28)29-19-30-25(23)34(16-8-20(9-17-34)21-6-5-7-22(27)18-21)26(31-11-12-32-26)10-15-33-13-3-4-14-33/h5-7,11-12,18-20,31-32H,2-4,8-10,13-17H2,1H3,(H2,28,29,30)/q+1. The molecule has 0 spiro atoms. The Bertz CT molecular complexity index is 1020. The largest absolute Gasteiger partial charge is 0.383 e. The molecule has 0 radical (unpaired) electrons. The van der Waals surface area contributed by atoms with Crippen LogP contribution in [-0.4, -0.2) is 53.4 Å². The van der Waals surface area contributed by atoms with Crippen molar-refractivity contribution in [1.82, 2.24) is 30.0 Å². The quantitative estimate of drug-likeness (QED) is 0.518. The second-order valence-corrected chi connectivity index (χ2v) is 10.4. The molecule has 4 N–H and O–H groups in total. The molecule has 7 nitrogen and oxygen atoms in total. The van der Waals surface area contributed by atoms with E-state index in [1.54, 1.807) is 6.33 Å². The molecule has 2 aromatic rings. The smallest absolute Gasteiger partial charge is 0.257 e. The van der Waals surface area contributed by atoms with Gasteiger partial charge in [0.05, 0.1) is 25.1 Å². The number of quaternary nitrogens is 1. The number of halogens is 1. The average Bonchev–Trinajstić information content (AvgIpc) is 3.56. The van der Waals surface area contributed by atoms with Gasteiger partial charge in [0.2, 0.25) is 5.82 Å². The number of nitrogens with zero attached hydrogens (tertiary/aromatic N) is 4. The van der Waals surface area contributed by atoms with Crippen molar-refractivity contribution in [2.24, 2.45) is 0 Å². The van der Waals surface area contributed by atoms with E-state index in [9.17, 15) is 0 Å². The highest BCUT2D eigenvalue weighted by atomic mass is 35.5. The first-order valence-electron chi connectivity index (χ1n) is 12.7. The molecule has 0 aliphatic carbocycles. The van der Waals surface area contributed by atoms with Gasteiger partial charge in [-0.05, 0) is 56.0 Å². The van der Waals surface area contributed by atoms with E-state index in [1.807, 2.05) is 6.07 Å². The van der Waals surface area contributed by atoms with Crippen LogP contribution in [0.25, 0.3) is 0 Å². The van der Waals surface area contributed by atoms with Crippen molar-refractivity contribution in [2.75, 3.05) is 38.5 Å². The summed E-state index contributed by atoms with van der Waals surface area (Å²) in [4.78, 5) is 11.9. The molecule has 2 saturated heterocycles. The highest BCUT2D eigenvalue weighted by Gasteiger charge is 2.57. The summed E-state index contributed by atoms with van der Waals surface area (Å²) in [5, 5.41) is 8.35. The maximum absolute atomic E-state index is 6.41. The van der Waals surface area contributed by atoms with E-state index in [4.69, 9.17) is 22.3 Å². The molecule has 5 rings (SSSR count). The van der Waals surface area contributed by atoms with E-state index in [-0.39, 0.29) is 5.79 Å². The van der Waals surface area contributed by atoms with E-state index < -0.39 is 0 Å². The Morgan fingerprint density at radius 1 is 1.15 bits per heavy atom. The third-order valence-electron chi connectivity index (χ3n) is 8.20. The van der Waals surface area contributed by atoms with Gasteiger partial charge in [-0.15, -0.1) is 0 Å². The van der Waals surface area contributed by atoms with Gasteiger partial charge in [-0.3, -0.25) is 0 Å². The predicted octanol–water partition coefficient (Wildman–Crippen LogP) is 3.96. The number of benzene rings is 1. The van der Waals surface area contributed by atoms with E-state index in [2.05, 4.69) is 58.0 Å². The first kappa shape index (κ1) is 23.4. The zero-order valence-corrected chi connectivity index (χ0v) is 20.9. The summed E-state index contributed by atoms with van der Waals surface area (Å²) in [5.41, 5.74) is 8.81. The summed E-state index contributed by atoms with van der Waals surface area (Å²) in [6, 6.07) is 8.36. The number of hydrogen-bond acceptors (Lipinski definition) is 6. The van der Waals surface area contributed by atoms with Crippen molar-refractivity contribution in [1.29, 1.82) is 0 Å². The highest BCUT2D eigenvalue weighted by molar-refractivity contribution is 6.30. The van der Waals surface area contributed by atoms with Crippen LogP contribution in [0.4, 0.5) is 11.6 Å². The third kappa shape index (κ3) is 4.14. The molecule has 0 unspecified atom stereocenters. The van der Waals surface area contributed by atoms with Crippen molar-refractivity contribution >= 4 is 23.2 Å². The van der Waals surface area contributed by atoms with Crippen LogP contribution >= 0.6 is 11.6 Å². The Morgan fingerprint density at radius 3 is 2.56 bits per heavy atom. The second-order valence-electron chi connectivity index (χ2n) is 9.94. The number of likely N-dealkylation sites (tertiary alicyclic amines) is 2. The minimum absolute atomic E-state index is 0.355. The van der Waals surface area contributed by atoms with Crippen LogP contribution in [0, 0.1) is 0 Å². The van der Waals surface area contributed by atoms with Crippen LogP contribution in [0.15, 0.2) is 43.0 Å². The molecule has 0 atom stereocenters. The van der Waals surface area contributed by atoms with Gasteiger partial charge in [-0.25, -0.2) is 9.47 Å². The fourth-order valence-corrected chi connectivity index (χ4v) is 6.53. The van der Waals surface area contributed by atoms with Crippen LogP contribution < -0.4 is 20.9 Å². The van der Waals surface area contributed by atoms with E-state index in [0.29, 0.717) is 11.7 Å². The molecule has 182 valence electrons. The zero-order valence-electron chi connectivity index (χ0n) is 20.1. The molecule has 3 aliphatic heterocycles. The normalized spacial score (nSPS) is 26.4. The lowest BCUT2D eigenvalue weighted by Gasteiger charge is -2.53. The number of nitrogens with two attached hydrogens (primary N) is 1. The van der Waals surface area contributed by atoms with E-state index in [1.165, 1.54) is 31.5 Å². The number of aromatic nitrogens is 2. The van der Waals surface area contributed by atoms with Gasteiger partial charge < -0.3 is 21.3 Å². The Balaban J connectivity index is 1.52. The van der Waals surface area contributed by atoms with Gasteiger partial charge in [0.15, 0.2) is 0 Å². The molecule has 0 amide bonds. The first-order chi connectivity index (χ1) is 16.6. The van der Waals surface area contributed by atoms with Crippen LogP contribution in [0.1, 0.15) is 56.1 Å². The zero-order chi connectivity index (χ0) is 23.6. The maximum atomic E-state index is 6.41. The molecule has 34 heavy (non-hydrogen) atoms. The lowest BCUT2D eigenvalue weighted by molar-refractivity contribution is 0.0212. The minimum atomic E-state index is -0.355. The number of nitrogens with one attached hydrogen (secondary N) is 2. The van der Waals surface area contributed by atoms with Gasteiger partial charge in [0, 0.05) is 36.8 Å². The third-order valence-corrected chi connectivity index (χ3v) is 8.44. The fraction of sp³-hybridized carbons (Fsp3) is 0.538. The van der Waals surface area contributed by atoms with E-state index >= 15 is 0 Å². The van der Waals surface area contributed by atoms with Crippen molar-refractivity contribution in [3.63, 3.8) is 0 Å². The topological polar surface area (TPSA) is 79.1 Å². The number of anilines is 1. The van der Waals surface area contributed by atoms with Gasteiger partial charge >= 0.3 is 0 Å². The monoisotopic (exact) mass is 482 g/mol. The molecule has 2 fully saturated rings. The SMILES string of the molecule is CCc1c(N)ncnc1[N+]1(C2(CCN3CCCC3)NC=CN2)CCC(c2cccc(Cl)c2)CC1. The summed E-state index contributed by atoms with van der Waals surface area (Å²) in [6.07, 6.45) is 12.3. The number of rotatable bonds is 7. The minimum Gasteiger partial charge on any atom is -0.383 e. The predicted molar refractivity (Wildman–Crippen MR) is 139 cm³/mol. The molecule has 0 bridgehead atoms. The summed E-state index contributed by atoms with van der Waals surface area (Å²) >= 11 is 6.33. The summed E-state index contributed by atoms with van der Waals surface area (Å²) in [5.74, 6) is 1.79. The van der Waals surface area contributed by atoms with Gasteiger partial charge in [0.25, 0.3) is 5.79 Å². The molecule has 4 heterocycles. The molecular weight excluding hydrogens is 446 g/mol. The Labute approximate surface area is 208 Å². The van der Waals surface area contributed by atoms with Gasteiger partial charge in [0.1, 0.15) is 12.1 Å².